The normalized spacial score (nSPS) is 17.8. The predicted molar refractivity (Wildman–Crippen MR) is 64.1 cm³/mol. The molecular weight excluding hydrogens is 218 g/mol. The number of hydrogen-bond donors (Lipinski definition) is 1. The minimum absolute atomic E-state index is 0.160. The van der Waals surface area contributed by atoms with Crippen LogP contribution in [0.3, 0.4) is 0 Å². The molecule has 0 saturated carbocycles. The van der Waals surface area contributed by atoms with Crippen molar-refractivity contribution < 1.29 is 9.53 Å². The Labute approximate surface area is 100 Å². The third-order valence-electron chi connectivity index (χ3n) is 2.74. The number of hydrogen-bond acceptors (Lipinski definition) is 4. The minimum atomic E-state index is -0.289. The van der Waals surface area contributed by atoms with Gasteiger partial charge in [-0.1, -0.05) is 0 Å². The van der Waals surface area contributed by atoms with Crippen molar-refractivity contribution in [3.05, 3.63) is 23.7 Å². The second-order valence-corrected chi connectivity index (χ2v) is 4.10. The van der Waals surface area contributed by atoms with Gasteiger partial charge in [-0.15, -0.1) is 0 Å². The van der Waals surface area contributed by atoms with Crippen LogP contribution in [0.25, 0.3) is 6.08 Å². The summed E-state index contributed by atoms with van der Waals surface area (Å²) in [4.78, 5) is 11.1. The Bertz CT molecular complexity index is 415. The van der Waals surface area contributed by atoms with Crippen LogP contribution in [-0.4, -0.2) is 29.4 Å². The van der Waals surface area contributed by atoms with Gasteiger partial charge in [-0.25, -0.2) is 0 Å². The number of ether oxygens (including phenoxy) is 1. The lowest BCUT2D eigenvalue weighted by Crippen LogP contribution is -2.19. The molecule has 0 amide bonds. The van der Waals surface area contributed by atoms with E-state index in [4.69, 9.17) is 0 Å². The molecule has 1 aliphatic heterocycles. The maximum Gasteiger partial charge on any atom is 0.327 e. The number of rotatable bonds is 3. The number of carbonyl (C=O) groups excluding carboxylic acids is 1. The highest BCUT2D eigenvalue weighted by molar-refractivity contribution is 5.68. The molecule has 0 bridgehead atoms. The number of methoxy groups -OCH3 is 1. The van der Waals surface area contributed by atoms with Gasteiger partial charge in [0, 0.05) is 24.0 Å². The third-order valence-corrected chi connectivity index (χ3v) is 2.74. The number of aromatic nitrogens is 2. The van der Waals surface area contributed by atoms with E-state index in [-0.39, 0.29) is 12.5 Å². The average molecular weight is 235 g/mol. The molecular formula is C12H17N3O2. The summed E-state index contributed by atoms with van der Waals surface area (Å²) in [6.07, 6.45) is 9.24. The highest BCUT2D eigenvalue weighted by Gasteiger charge is 2.06. The van der Waals surface area contributed by atoms with Crippen LogP contribution in [0.4, 0.5) is 0 Å². The van der Waals surface area contributed by atoms with Crippen molar-refractivity contribution >= 4 is 12.0 Å². The van der Waals surface area contributed by atoms with Crippen LogP contribution in [0.1, 0.15) is 24.8 Å². The quantitative estimate of drug-likeness (QED) is 0.799. The summed E-state index contributed by atoms with van der Waals surface area (Å²) in [6, 6.07) is 0. The maximum atomic E-state index is 11.1. The van der Waals surface area contributed by atoms with E-state index >= 15 is 0 Å². The lowest BCUT2D eigenvalue weighted by Gasteiger charge is -2.15. The average Bonchev–Trinajstić information content (AvgIpc) is 2.77. The second kappa shape index (κ2) is 5.52. The Morgan fingerprint density at radius 2 is 2.53 bits per heavy atom. The molecule has 2 rings (SSSR count). The van der Waals surface area contributed by atoms with Gasteiger partial charge in [0.2, 0.25) is 0 Å². The lowest BCUT2D eigenvalue weighted by atomic mass is 10.1. The number of esters is 1. The van der Waals surface area contributed by atoms with Gasteiger partial charge in [0.1, 0.15) is 6.54 Å². The van der Waals surface area contributed by atoms with E-state index in [1.807, 2.05) is 6.20 Å². The second-order valence-electron chi connectivity index (χ2n) is 4.10. The number of piperidine rings is 1. The molecule has 0 aliphatic carbocycles. The zero-order chi connectivity index (χ0) is 12.1. The first-order valence-electron chi connectivity index (χ1n) is 5.81. The Balaban J connectivity index is 2.00. The van der Waals surface area contributed by atoms with E-state index in [0.29, 0.717) is 0 Å². The van der Waals surface area contributed by atoms with E-state index in [1.165, 1.54) is 25.6 Å². The smallest absolute Gasteiger partial charge is 0.327 e. The molecule has 17 heavy (non-hydrogen) atoms. The molecule has 0 aromatic carbocycles. The van der Waals surface area contributed by atoms with Gasteiger partial charge in [-0.05, 0) is 25.3 Å². The third kappa shape index (κ3) is 3.34. The lowest BCUT2D eigenvalue weighted by molar-refractivity contribution is -0.141. The van der Waals surface area contributed by atoms with Crippen LogP contribution >= 0.6 is 0 Å². The van der Waals surface area contributed by atoms with E-state index in [1.54, 1.807) is 10.9 Å². The molecule has 1 fully saturated rings. The molecule has 0 radical (unpaired) electrons. The highest BCUT2D eigenvalue weighted by Crippen LogP contribution is 2.13. The summed E-state index contributed by atoms with van der Waals surface area (Å²) in [6.45, 7) is 1.20. The largest absolute Gasteiger partial charge is 0.468 e. The van der Waals surface area contributed by atoms with Crippen molar-refractivity contribution in [1.29, 1.82) is 0 Å². The van der Waals surface area contributed by atoms with Gasteiger partial charge in [-0.2, -0.15) is 5.10 Å². The van der Waals surface area contributed by atoms with Gasteiger partial charge in [0.15, 0.2) is 0 Å². The number of carbonyl (C=O) groups is 1. The molecule has 5 heteroatoms. The van der Waals surface area contributed by atoms with Crippen LogP contribution < -0.4 is 5.32 Å². The number of nitrogens with one attached hydrogen (secondary N) is 1. The zero-order valence-electron chi connectivity index (χ0n) is 9.98. The number of nitrogens with zero attached hydrogens (tertiary/aromatic N) is 2. The fourth-order valence-corrected chi connectivity index (χ4v) is 1.84. The highest BCUT2D eigenvalue weighted by atomic mass is 16.5. The first kappa shape index (κ1) is 11.7. The Morgan fingerprint density at radius 1 is 1.65 bits per heavy atom. The molecule has 0 atom stereocenters. The zero-order valence-corrected chi connectivity index (χ0v) is 9.98. The van der Waals surface area contributed by atoms with Crippen molar-refractivity contribution in [1.82, 2.24) is 15.1 Å². The van der Waals surface area contributed by atoms with Crippen LogP contribution in [0.5, 0.6) is 0 Å². The Kier molecular flexibility index (Phi) is 3.80. The van der Waals surface area contributed by atoms with E-state index < -0.39 is 0 Å². The van der Waals surface area contributed by atoms with Crippen LogP contribution in [0.2, 0.25) is 0 Å². The first-order chi connectivity index (χ1) is 8.28. The molecule has 0 unspecified atom stereocenters. The van der Waals surface area contributed by atoms with Crippen molar-refractivity contribution in [3.8, 4) is 0 Å². The molecule has 1 aromatic heterocycles. The summed E-state index contributed by atoms with van der Waals surface area (Å²) in [5.74, 6) is -0.289. The molecule has 5 nitrogen and oxygen atoms in total. The molecule has 0 spiro atoms. The molecule has 1 aliphatic rings. The van der Waals surface area contributed by atoms with Crippen molar-refractivity contribution in [2.75, 3.05) is 13.7 Å². The van der Waals surface area contributed by atoms with E-state index in [2.05, 4.69) is 21.2 Å². The Hall–Kier alpha value is -1.78. The van der Waals surface area contributed by atoms with Crippen LogP contribution in [-0.2, 0) is 16.1 Å². The predicted octanol–water partition coefficient (Wildman–Crippen LogP) is 1.17. The van der Waals surface area contributed by atoms with Crippen LogP contribution in [0.15, 0.2) is 18.1 Å². The summed E-state index contributed by atoms with van der Waals surface area (Å²) in [5.41, 5.74) is 2.26. The summed E-state index contributed by atoms with van der Waals surface area (Å²) in [7, 11) is 1.38. The standard InChI is InChI=1S/C12H17N3O2/c1-17-12(16)9-15-8-10(7-14-15)6-11-4-2-3-5-13-11/h6-8,13H,2-5,9H2,1H3. The van der Waals surface area contributed by atoms with Crippen molar-refractivity contribution in [2.24, 2.45) is 0 Å². The molecule has 1 aromatic rings. The maximum absolute atomic E-state index is 11.1. The Morgan fingerprint density at radius 3 is 3.24 bits per heavy atom. The molecule has 2 heterocycles. The van der Waals surface area contributed by atoms with Gasteiger partial charge in [-0.3, -0.25) is 9.48 Å². The first-order valence-corrected chi connectivity index (χ1v) is 5.81. The topological polar surface area (TPSA) is 56.1 Å². The van der Waals surface area contributed by atoms with E-state index in [0.717, 1.165) is 18.5 Å². The fraction of sp³-hybridized carbons (Fsp3) is 0.500. The van der Waals surface area contributed by atoms with Crippen molar-refractivity contribution in [3.63, 3.8) is 0 Å². The fourth-order valence-electron chi connectivity index (χ4n) is 1.84. The van der Waals surface area contributed by atoms with Crippen LogP contribution in [0, 0.1) is 0 Å². The monoisotopic (exact) mass is 235 g/mol. The number of allylic oxidation sites excluding steroid dienone is 1. The minimum Gasteiger partial charge on any atom is -0.468 e. The van der Waals surface area contributed by atoms with Gasteiger partial charge in [0.25, 0.3) is 0 Å². The van der Waals surface area contributed by atoms with Gasteiger partial charge in [0.05, 0.1) is 13.3 Å². The summed E-state index contributed by atoms with van der Waals surface area (Å²) in [5, 5.41) is 7.47. The summed E-state index contributed by atoms with van der Waals surface area (Å²) >= 11 is 0. The summed E-state index contributed by atoms with van der Waals surface area (Å²) < 4.78 is 6.17. The van der Waals surface area contributed by atoms with Gasteiger partial charge < -0.3 is 10.1 Å². The van der Waals surface area contributed by atoms with E-state index in [9.17, 15) is 4.79 Å². The molecule has 92 valence electrons. The van der Waals surface area contributed by atoms with Crippen molar-refractivity contribution in [2.45, 2.75) is 25.8 Å². The SMILES string of the molecule is COC(=O)Cn1cc(C=C2CCCCN2)cn1. The van der Waals surface area contributed by atoms with Gasteiger partial charge >= 0.3 is 5.97 Å². The molecule has 1 saturated heterocycles. The molecule has 1 N–H and O–H groups in total.